The predicted molar refractivity (Wildman–Crippen MR) is 103 cm³/mol. The lowest BCUT2D eigenvalue weighted by atomic mass is 10.1. The average Bonchev–Trinajstić information content (AvgIpc) is 3.07. The molecule has 2 rings (SSSR count). The van der Waals surface area contributed by atoms with Crippen LogP contribution in [0.25, 0.3) is 0 Å². The highest BCUT2D eigenvalue weighted by atomic mass is 32.1. The van der Waals surface area contributed by atoms with Gasteiger partial charge in [0.25, 0.3) is 0 Å². The number of hydrogen-bond acceptors (Lipinski definition) is 4. The Morgan fingerprint density at radius 1 is 1.44 bits per heavy atom. The van der Waals surface area contributed by atoms with Gasteiger partial charge in [-0.25, -0.2) is 0 Å². The van der Waals surface area contributed by atoms with E-state index in [4.69, 9.17) is 4.74 Å². The van der Waals surface area contributed by atoms with Crippen LogP contribution in [0.4, 0.5) is 0 Å². The first-order chi connectivity index (χ1) is 11.9. The summed E-state index contributed by atoms with van der Waals surface area (Å²) in [5.74, 6) is 0.914. The second kappa shape index (κ2) is 9.20. The zero-order valence-corrected chi connectivity index (χ0v) is 16.5. The van der Waals surface area contributed by atoms with Gasteiger partial charge in [0, 0.05) is 44.6 Å². The fraction of sp³-hybridized carbons (Fsp3) is 0.667. The van der Waals surface area contributed by atoms with Gasteiger partial charge in [0.15, 0.2) is 5.96 Å². The minimum absolute atomic E-state index is 0.192. The van der Waals surface area contributed by atoms with Gasteiger partial charge in [-0.3, -0.25) is 9.79 Å². The fourth-order valence-electron chi connectivity index (χ4n) is 2.58. The molecule has 1 amide bonds. The maximum atomic E-state index is 12.4. The van der Waals surface area contributed by atoms with Gasteiger partial charge >= 0.3 is 0 Å². The number of amides is 1. The highest BCUT2D eigenvalue weighted by Gasteiger charge is 2.21. The van der Waals surface area contributed by atoms with Gasteiger partial charge in [-0.05, 0) is 44.2 Å². The van der Waals surface area contributed by atoms with E-state index in [1.807, 2.05) is 25.7 Å². The number of rotatable bonds is 7. The second-order valence-electron chi connectivity index (χ2n) is 6.77. The maximum absolute atomic E-state index is 12.4. The average molecular weight is 367 g/mol. The summed E-state index contributed by atoms with van der Waals surface area (Å²) in [6.07, 6.45) is 1.44. The predicted octanol–water partition coefficient (Wildman–Crippen LogP) is 2.00. The summed E-state index contributed by atoms with van der Waals surface area (Å²) in [4.78, 5) is 20.3. The van der Waals surface area contributed by atoms with Gasteiger partial charge < -0.3 is 20.3 Å². The number of nitrogens with one attached hydrogen (secondary N) is 2. The standard InChI is InChI=1S/C18H30N4O2S/c1-5-19-17(21-13-18(2,3)24-4)20-9-6-16(23)22-10-7-15-14(12-22)8-11-25-15/h8,11H,5-7,9-10,12-13H2,1-4H3,(H2,19,20,21). The number of carbonyl (C=O) groups is 1. The molecule has 0 unspecified atom stereocenters. The number of aliphatic imine (C=N–C) groups is 1. The van der Waals surface area contributed by atoms with Crippen molar-refractivity contribution in [3.05, 3.63) is 21.9 Å². The molecule has 0 saturated carbocycles. The Balaban J connectivity index is 1.79. The number of guanidine groups is 1. The third-order valence-corrected chi connectivity index (χ3v) is 5.33. The summed E-state index contributed by atoms with van der Waals surface area (Å²) < 4.78 is 5.39. The minimum Gasteiger partial charge on any atom is -0.377 e. The van der Waals surface area contributed by atoms with E-state index in [9.17, 15) is 4.79 Å². The van der Waals surface area contributed by atoms with Crippen LogP contribution in [-0.4, -0.2) is 55.7 Å². The molecule has 0 spiro atoms. The summed E-state index contributed by atoms with van der Waals surface area (Å²) in [5.41, 5.74) is 0.999. The zero-order valence-electron chi connectivity index (χ0n) is 15.7. The van der Waals surface area contributed by atoms with Crippen LogP contribution in [0, 0.1) is 0 Å². The first kappa shape index (κ1) is 19.7. The summed E-state index contributed by atoms with van der Waals surface area (Å²) >= 11 is 1.79. The Kier molecular flexibility index (Phi) is 7.25. The molecule has 7 heteroatoms. The van der Waals surface area contributed by atoms with Gasteiger partial charge in [0.1, 0.15) is 0 Å². The molecule has 1 aliphatic heterocycles. The lowest BCUT2D eigenvalue weighted by Crippen LogP contribution is -2.42. The van der Waals surface area contributed by atoms with E-state index in [0.29, 0.717) is 19.5 Å². The third kappa shape index (κ3) is 6.01. The van der Waals surface area contributed by atoms with Gasteiger partial charge in [-0.2, -0.15) is 0 Å². The van der Waals surface area contributed by atoms with E-state index in [2.05, 4.69) is 27.1 Å². The second-order valence-corrected chi connectivity index (χ2v) is 7.77. The van der Waals surface area contributed by atoms with Gasteiger partial charge in [-0.15, -0.1) is 11.3 Å². The summed E-state index contributed by atoms with van der Waals surface area (Å²) in [7, 11) is 1.69. The van der Waals surface area contributed by atoms with Gasteiger partial charge in [0.2, 0.25) is 5.91 Å². The summed E-state index contributed by atoms with van der Waals surface area (Å²) in [5, 5.41) is 8.55. The van der Waals surface area contributed by atoms with Gasteiger partial charge in [-0.1, -0.05) is 0 Å². The topological polar surface area (TPSA) is 66.0 Å². The summed E-state index contributed by atoms with van der Waals surface area (Å²) in [6.45, 7) is 9.49. The Labute approximate surface area is 154 Å². The molecule has 1 aliphatic rings. The molecule has 1 aromatic rings. The quantitative estimate of drug-likeness (QED) is 0.572. The Bertz CT molecular complexity index is 598. The molecular formula is C18H30N4O2S. The van der Waals surface area contributed by atoms with Crippen LogP contribution in [0.1, 0.15) is 37.6 Å². The lowest BCUT2D eigenvalue weighted by Gasteiger charge is -2.27. The zero-order chi connectivity index (χ0) is 18.3. The van der Waals surface area contributed by atoms with Crippen LogP contribution < -0.4 is 10.6 Å². The molecule has 2 heterocycles. The van der Waals surface area contributed by atoms with E-state index in [1.165, 1.54) is 10.4 Å². The molecule has 1 aromatic heterocycles. The lowest BCUT2D eigenvalue weighted by molar-refractivity contribution is -0.131. The van der Waals surface area contributed by atoms with Crippen LogP contribution >= 0.6 is 11.3 Å². The van der Waals surface area contributed by atoms with Crippen LogP contribution in [0.5, 0.6) is 0 Å². The van der Waals surface area contributed by atoms with Crippen LogP contribution in [0.3, 0.4) is 0 Å². The largest absolute Gasteiger partial charge is 0.377 e. The van der Waals surface area contributed by atoms with E-state index in [1.54, 1.807) is 18.4 Å². The van der Waals surface area contributed by atoms with Crippen LogP contribution in [0.15, 0.2) is 16.4 Å². The molecule has 6 nitrogen and oxygen atoms in total. The number of nitrogens with zero attached hydrogens (tertiary/aromatic N) is 2. The van der Waals surface area contributed by atoms with Crippen molar-refractivity contribution in [3.8, 4) is 0 Å². The molecule has 0 radical (unpaired) electrons. The minimum atomic E-state index is -0.301. The Hall–Kier alpha value is -1.60. The van der Waals surface area contributed by atoms with Crippen molar-refractivity contribution in [2.45, 2.75) is 45.8 Å². The number of fused-ring (bicyclic) bond motifs is 1. The van der Waals surface area contributed by atoms with E-state index < -0.39 is 0 Å². The normalized spacial score (nSPS) is 15.0. The van der Waals surface area contributed by atoms with Crippen molar-refractivity contribution in [2.75, 3.05) is 33.3 Å². The van der Waals surface area contributed by atoms with Crippen molar-refractivity contribution in [2.24, 2.45) is 4.99 Å². The van der Waals surface area contributed by atoms with Crippen molar-refractivity contribution in [1.82, 2.24) is 15.5 Å². The molecule has 25 heavy (non-hydrogen) atoms. The summed E-state index contributed by atoms with van der Waals surface area (Å²) in [6, 6.07) is 2.13. The van der Waals surface area contributed by atoms with E-state index >= 15 is 0 Å². The highest BCUT2D eigenvalue weighted by Crippen LogP contribution is 2.24. The molecule has 0 aliphatic carbocycles. The first-order valence-electron chi connectivity index (χ1n) is 8.85. The van der Waals surface area contributed by atoms with Crippen molar-refractivity contribution in [1.29, 1.82) is 0 Å². The van der Waals surface area contributed by atoms with Crippen LogP contribution in [-0.2, 0) is 22.5 Å². The molecule has 0 saturated heterocycles. The Morgan fingerprint density at radius 2 is 2.24 bits per heavy atom. The Morgan fingerprint density at radius 3 is 2.96 bits per heavy atom. The molecule has 0 bridgehead atoms. The molecule has 140 valence electrons. The molecular weight excluding hydrogens is 336 g/mol. The number of hydrogen-bond donors (Lipinski definition) is 2. The SMILES string of the molecule is CCNC(=NCC(C)(C)OC)NCCC(=O)N1CCc2sccc2C1. The van der Waals surface area contributed by atoms with Gasteiger partial charge in [0.05, 0.1) is 12.1 Å². The maximum Gasteiger partial charge on any atom is 0.224 e. The van der Waals surface area contributed by atoms with E-state index in [-0.39, 0.29) is 11.5 Å². The molecule has 0 fully saturated rings. The molecule has 0 aromatic carbocycles. The first-order valence-corrected chi connectivity index (χ1v) is 9.73. The fourth-order valence-corrected chi connectivity index (χ4v) is 3.47. The number of methoxy groups -OCH3 is 1. The van der Waals surface area contributed by atoms with Crippen molar-refractivity contribution < 1.29 is 9.53 Å². The molecule has 0 atom stereocenters. The van der Waals surface area contributed by atoms with Crippen molar-refractivity contribution >= 4 is 23.2 Å². The van der Waals surface area contributed by atoms with Crippen LogP contribution in [0.2, 0.25) is 0 Å². The van der Waals surface area contributed by atoms with Crippen molar-refractivity contribution in [3.63, 3.8) is 0 Å². The number of carbonyl (C=O) groups excluding carboxylic acids is 1. The third-order valence-electron chi connectivity index (χ3n) is 4.31. The molecule has 2 N–H and O–H groups in total. The highest BCUT2D eigenvalue weighted by molar-refractivity contribution is 7.10. The van der Waals surface area contributed by atoms with E-state index in [0.717, 1.165) is 32.0 Å². The smallest absolute Gasteiger partial charge is 0.224 e. The number of thiophene rings is 1. The monoisotopic (exact) mass is 366 g/mol. The number of ether oxygens (including phenoxy) is 1.